The average molecular weight is 292 g/mol. The van der Waals surface area contributed by atoms with Crippen molar-refractivity contribution < 1.29 is 8.78 Å². The van der Waals surface area contributed by atoms with Crippen LogP contribution in [0.4, 0.5) is 14.6 Å². The summed E-state index contributed by atoms with van der Waals surface area (Å²) >= 11 is 6.08. The smallest absolute Gasteiger partial charge is 0.255 e. The van der Waals surface area contributed by atoms with Crippen LogP contribution >= 0.6 is 11.6 Å². The Morgan fingerprint density at radius 1 is 1.42 bits per heavy atom. The maximum absolute atomic E-state index is 12.3. The lowest BCUT2D eigenvalue weighted by molar-refractivity contribution is 0.156. The summed E-state index contributed by atoms with van der Waals surface area (Å²) in [6, 6.07) is 1.75. The van der Waals surface area contributed by atoms with E-state index in [0.717, 1.165) is 5.56 Å². The molecule has 1 rings (SSSR count). The van der Waals surface area contributed by atoms with Crippen molar-refractivity contribution in [2.45, 2.75) is 39.3 Å². The summed E-state index contributed by atoms with van der Waals surface area (Å²) in [7, 11) is 1.55. The van der Waals surface area contributed by atoms with Crippen LogP contribution in [0.25, 0.3) is 0 Å². The molecule has 1 heterocycles. The molecule has 6 heteroatoms. The Kier molecular flexibility index (Phi) is 5.50. The number of halogens is 3. The van der Waals surface area contributed by atoms with Crippen LogP contribution in [-0.4, -0.2) is 30.5 Å². The predicted octanol–water partition coefficient (Wildman–Crippen LogP) is 3.32. The molecule has 3 nitrogen and oxygen atoms in total. The molecule has 0 fully saturated rings. The lowest BCUT2D eigenvalue weighted by Crippen LogP contribution is -2.35. The van der Waals surface area contributed by atoms with Gasteiger partial charge in [-0.05, 0) is 32.4 Å². The van der Waals surface area contributed by atoms with E-state index in [9.17, 15) is 8.78 Å². The van der Waals surface area contributed by atoms with Gasteiger partial charge in [0, 0.05) is 25.3 Å². The van der Waals surface area contributed by atoms with Crippen molar-refractivity contribution in [3.05, 3.63) is 22.8 Å². The van der Waals surface area contributed by atoms with Crippen molar-refractivity contribution in [3.8, 4) is 0 Å². The molecular weight excluding hydrogens is 272 g/mol. The SMILES string of the molecule is CN(CC(F)F)c1ncc(CNC(C)(C)C)cc1Cl. The molecule has 0 radical (unpaired) electrons. The molecule has 0 unspecified atom stereocenters. The van der Waals surface area contributed by atoms with Crippen molar-refractivity contribution in [2.24, 2.45) is 0 Å². The second kappa shape index (κ2) is 6.48. The largest absolute Gasteiger partial charge is 0.353 e. The van der Waals surface area contributed by atoms with Crippen molar-refractivity contribution in [2.75, 3.05) is 18.5 Å². The van der Waals surface area contributed by atoms with Crippen LogP contribution in [-0.2, 0) is 6.54 Å². The van der Waals surface area contributed by atoms with E-state index in [1.807, 2.05) is 0 Å². The van der Waals surface area contributed by atoms with Crippen LogP contribution in [0.5, 0.6) is 0 Å². The van der Waals surface area contributed by atoms with Crippen molar-refractivity contribution in [1.29, 1.82) is 0 Å². The Morgan fingerprint density at radius 3 is 2.53 bits per heavy atom. The van der Waals surface area contributed by atoms with Crippen molar-refractivity contribution in [1.82, 2.24) is 10.3 Å². The molecule has 0 spiro atoms. The number of alkyl halides is 2. The zero-order valence-corrected chi connectivity index (χ0v) is 12.4. The van der Waals surface area contributed by atoms with Crippen LogP contribution in [0.3, 0.4) is 0 Å². The fraction of sp³-hybridized carbons (Fsp3) is 0.615. The molecule has 1 aromatic rings. The highest BCUT2D eigenvalue weighted by Gasteiger charge is 2.14. The molecular formula is C13H20ClF2N3. The van der Waals surface area contributed by atoms with Crippen LogP contribution in [0.2, 0.25) is 5.02 Å². The van der Waals surface area contributed by atoms with E-state index in [1.54, 1.807) is 19.3 Å². The van der Waals surface area contributed by atoms with Gasteiger partial charge in [-0.2, -0.15) is 0 Å². The molecule has 0 aliphatic heterocycles. The molecule has 0 aliphatic rings. The molecule has 0 aromatic carbocycles. The molecule has 0 saturated carbocycles. The van der Waals surface area contributed by atoms with Crippen LogP contribution < -0.4 is 10.2 Å². The van der Waals surface area contributed by atoms with E-state index in [-0.39, 0.29) is 12.1 Å². The van der Waals surface area contributed by atoms with E-state index in [4.69, 9.17) is 11.6 Å². The zero-order chi connectivity index (χ0) is 14.6. The Labute approximate surface area is 118 Å². The molecule has 19 heavy (non-hydrogen) atoms. The normalized spacial score (nSPS) is 12.0. The first kappa shape index (κ1) is 16.1. The fourth-order valence-electron chi connectivity index (χ4n) is 1.51. The van der Waals surface area contributed by atoms with Crippen molar-refractivity contribution >= 4 is 17.4 Å². The van der Waals surface area contributed by atoms with Gasteiger partial charge in [-0.1, -0.05) is 11.6 Å². The van der Waals surface area contributed by atoms with Gasteiger partial charge in [-0.15, -0.1) is 0 Å². The topological polar surface area (TPSA) is 28.2 Å². The lowest BCUT2D eigenvalue weighted by atomic mass is 10.1. The summed E-state index contributed by atoms with van der Waals surface area (Å²) in [5.74, 6) is 0.376. The highest BCUT2D eigenvalue weighted by atomic mass is 35.5. The maximum atomic E-state index is 12.3. The van der Waals surface area contributed by atoms with E-state index in [0.29, 0.717) is 17.4 Å². The number of aromatic nitrogens is 1. The van der Waals surface area contributed by atoms with Crippen LogP contribution in [0.15, 0.2) is 12.3 Å². The number of rotatable bonds is 5. The third-order valence-electron chi connectivity index (χ3n) is 2.47. The summed E-state index contributed by atoms with van der Waals surface area (Å²) in [5, 5.41) is 3.70. The first-order chi connectivity index (χ1) is 8.69. The van der Waals surface area contributed by atoms with E-state index >= 15 is 0 Å². The first-order valence-electron chi connectivity index (χ1n) is 6.08. The monoisotopic (exact) mass is 291 g/mol. The molecule has 0 saturated heterocycles. The average Bonchev–Trinajstić information content (AvgIpc) is 2.24. The fourth-order valence-corrected chi connectivity index (χ4v) is 1.84. The number of hydrogen-bond donors (Lipinski definition) is 1. The Hall–Kier alpha value is -0.940. The van der Waals surface area contributed by atoms with Gasteiger partial charge in [0.2, 0.25) is 0 Å². The van der Waals surface area contributed by atoms with Gasteiger partial charge in [0.1, 0.15) is 5.82 Å². The molecule has 108 valence electrons. The standard InChI is InChI=1S/C13H20ClF2N3/c1-13(2,3)18-7-9-5-10(14)12(17-6-9)19(4)8-11(15)16/h5-6,11,18H,7-8H2,1-4H3. The summed E-state index contributed by atoms with van der Waals surface area (Å²) < 4.78 is 24.6. The second-order valence-electron chi connectivity index (χ2n) is 5.52. The summed E-state index contributed by atoms with van der Waals surface area (Å²) in [5.41, 5.74) is 0.923. The number of anilines is 1. The number of pyridine rings is 1. The number of nitrogens with one attached hydrogen (secondary N) is 1. The second-order valence-corrected chi connectivity index (χ2v) is 5.93. The molecule has 0 atom stereocenters. The van der Waals surface area contributed by atoms with Crippen LogP contribution in [0.1, 0.15) is 26.3 Å². The van der Waals surface area contributed by atoms with Crippen molar-refractivity contribution in [3.63, 3.8) is 0 Å². The van der Waals surface area contributed by atoms with Gasteiger partial charge in [0.25, 0.3) is 6.43 Å². The Balaban J connectivity index is 2.74. The van der Waals surface area contributed by atoms with Gasteiger partial charge < -0.3 is 10.2 Å². The first-order valence-corrected chi connectivity index (χ1v) is 6.45. The number of hydrogen-bond acceptors (Lipinski definition) is 3. The summed E-state index contributed by atoms with van der Waals surface area (Å²) in [6.07, 6.45) is -0.757. The van der Waals surface area contributed by atoms with Crippen LogP contribution in [0, 0.1) is 0 Å². The van der Waals surface area contributed by atoms with Gasteiger partial charge >= 0.3 is 0 Å². The van der Waals surface area contributed by atoms with E-state index in [1.165, 1.54) is 4.90 Å². The lowest BCUT2D eigenvalue weighted by Gasteiger charge is -2.22. The quantitative estimate of drug-likeness (QED) is 0.902. The molecule has 0 amide bonds. The molecule has 0 aliphatic carbocycles. The van der Waals surface area contributed by atoms with Gasteiger partial charge in [-0.3, -0.25) is 0 Å². The molecule has 1 aromatic heterocycles. The van der Waals surface area contributed by atoms with Gasteiger partial charge in [-0.25, -0.2) is 13.8 Å². The highest BCUT2D eigenvalue weighted by Crippen LogP contribution is 2.23. The summed E-state index contributed by atoms with van der Waals surface area (Å²) in [6.45, 7) is 6.44. The minimum Gasteiger partial charge on any atom is -0.353 e. The molecule has 0 bridgehead atoms. The van der Waals surface area contributed by atoms with Gasteiger partial charge in [0.15, 0.2) is 0 Å². The highest BCUT2D eigenvalue weighted by molar-refractivity contribution is 6.33. The van der Waals surface area contributed by atoms with E-state index < -0.39 is 6.43 Å². The van der Waals surface area contributed by atoms with E-state index in [2.05, 4.69) is 31.1 Å². The number of nitrogens with zero attached hydrogens (tertiary/aromatic N) is 2. The predicted molar refractivity (Wildman–Crippen MR) is 75.1 cm³/mol. The third-order valence-corrected chi connectivity index (χ3v) is 2.75. The Bertz CT molecular complexity index is 419. The Morgan fingerprint density at radius 2 is 2.05 bits per heavy atom. The minimum atomic E-state index is -2.41. The van der Waals surface area contributed by atoms with Gasteiger partial charge in [0.05, 0.1) is 11.6 Å². The minimum absolute atomic E-state index is 0.00237. The third kappa shape index (κ3) is 5.70. The molecule has 1 N–H and O–H groups in total. The summed E-state index contributed by atoms with van der Waals surface area (Å²) in [4.78, 5) is 5.51. The maximum Gasteiger partial charge on any atom is 0.255 e. The zero-order valence-electron chi connectivity index (χ0n) is 11.7.